The molecule has 27 heteroatoms. The summed E-state index contributed by atoms with van der Waals surface area (Å²) in [5, 5.41) is 0. The SMILES string of the molecule is [Cs+].[Cs+].[O-][I+2]([O-])[O-].[O-][I+2]([O-])[O-].[O-][I+2]([O-])[O-].[O-][I+2]([O-])[O-].[O-][I+2]([O-])[O-].[O-][I+2]([O-])[O-].[Zr+4]. The molecule has 0 unspecified atom stereocenters. The van der Waals surface area contributed by atoms with Gasteiger partial charge in [-0.25, -0.2) is 0 Å². The predicted molar refractivity (Wildman–Crippen MR) is 0 cm³/mol. The van der Waals surface area contributed by atoms with Crippen molar-refractivity contribution in [3.63, 3.8) is 0 Å². The average molecular weight is 1410 g/mol. The Balaban J connectivity index is -0.0000000201. The van der Waals surface area contributed by atoms with Gasteiger partial charge in [0.15, 0.2) is 0 Å². The summed E-state index contributed by atoms with van der Waals surface area (Å²) in [4.78, 5) is 0. The predicted octanol–water partition coefficient (Wildman–Crippen LogP) is -45.4. The van der Waals surface area contributed by atoms with E-state index in [0.29, 0.717) is 0 Å². The molecular formula is Cs2I6O18Zr. The second-order valence-electron chi connectivity index (χ2n) is 1.13. The van der Waals surface area contributed by atoms with Gasteiger partial charge >= 0.3 is 164 Å². The summed E-state index contributed by atoms with van der Waals surface area (Å²) in [7, 11) is 0. The Morgan fingerprint density at radius 3 is 0.222 bits per heavy atom. The van der Waals surface area contributed by atoms with E-state index in [2.05, 4.69) is 0 Å². The summed E-state index contributed by atoms with van der Waals surface area (Å²) < 4.78 is 154. The molecule has 0 aromatic carbocycles. The standard InChI is InChI=1S/2Cs.6IO3.Zr/c;;6*2-1(3)4;/q2*+1;6*-1;+4. The minimum Gasteiger partial charge on any atom is -0.427 e. The molecule has 0 saturated carbocycles. The summed E-state index contributed by atoms with van der Waals surface area (Å²) in [6.07, 6.45) is 0. The summed E-state index contributed by atoms with van der Waals surface area (Å²) in [6, 6.07) is 0. The van der Waals surface area contributed by atoms with Crippen LogP contribution in [0.15, 0.2) is 0 Å². The zero-order chi connectivity index (χ0) is 21.5. The van der Waals surface area contributed by atoms with Crippen LogP contribution in [0.4, 0.5) is 0 Å². The van der Waals surface area contributed by atoms with Gasteiger partial charge in [0.1, 0.15) is 0 Å². The number of hydrogen-bond donors (Lipinski definition) is 0. The molecule has 0 fully saturated rings. The molecule has 0 radical (unpaired) electrons. The van der Waals surface area contributed by atoms with Crippen LogP contribution in [0, 0.1) is 0 Å². The molecule has 18 nitrogen and oxygen atoms in total. The van der Waals surface area contributed by atoms with E-state index in [1.807, 2.05) is 0 Å². The first kappa shape index (κ1) is 60.3. The van der Waals surface area contributed by atoms with Crippen molar-refractivity contribution in [3.05, 3.63) is 0 Å². The van der Waals surface area contributed by atoms with Gasteiger partial charge in [-0.05, 0) is 0 Å². The molecule has 0 spiro atoms. The van der Waals surface area contributed by atoms with Crippen LogP contribution < -0.4 is 326 Å². The maximum atomic E-state index is 8.57. The minimum absolute atomic E-state index is 0. The van der Waals surface area contributed by atoms with Crippen LogP contribution >= 0.6 is 0 Å². The molecule has 0 aliphatic heterocycles. The fraction of sp³-hybridized carbons (Fsp3) is 0. The third-order valence-corrected chi connectivity index (χ3v) is 0. The van der Waals surface area contributed by atoms with Crippen LogP contribution in [-0.4, -0.2) is 0 Å². The van der Waals surface area contributed by atoms with E-state index in [1.54, 1.807) is 0 Å². The fourth-order valence-electron chi connectivity index (χ4n) is 0. The Hall–Kier alpha value is 8.65. The van der Waals surface area contributed by atoms with Crippen LogP contribution in [0.5, 0.6) is 0 Å². The van der Waals surface area contributed by atoms with E-state index < -0.39 is 126 Å². The van der Waals surface area contributed by atoms with Crippen LogP contribution in [-0.2, 0) is 26.2 Å². The molecule has 0 aromatic heterocycles. The molecule has 0 aliphatic carbocycles. The van der Waals surface area contributed by atoms with E-state index in [-0.39, 0.29) is 164 Å². The largest absolute Gasteiger partial charge is 4.00 e. The molecule has 0 saturated heterocycles. The summed E-state index contributed by atoms with van der Waals surface area (Å²) in [5.41, 5.74) is 0. The minimum atomic E-state index is -4.01. The summed E-state index contributed by atoms with van der Waals surface area (Å²) in [6.45, 7) is 0. The quantitative estimate of drug-likeness (QED) is 0.203. The molecular weight excluding hydrogens is 1410 g/mol. The van der Waals surface area contributed by atoms with Gasteiger partial charge in [-0.1, -0.05) is 0 Å². The van der Waals surface area contributed by atoms with Gasteiger partial charge in [0.25, 0.3) is 126 Å². The van der Waals surface area contributed by atoms with Gasteiger partial charge < -0.3 is 61.8 Å². The van der Waals surface area contributed by atoms with Crippen molar-refractivity contribution >= 4 is 0 Å². The number of halogens is 6. The molecule has 0 amide bonds. The van der Waals surface area contributed by atoms with Gasteiger partial charge in [0.05, 0.1) is 0 Å². The first-order chi connectivity index (χ1) is 10.4. The van der Waals surface area contributed by atoms with E-state index in [9.17, 15) is 0 Å². The molecule has 0 heterocycles. The zero-order valence-corrected chi connectivity index (χ0v) is 40.1. The van der Waals surface area contributed by atoms with Crippen molar-refractivity contribution < 1.29 is 352 Å². The summed E-state index contributed by atoms with van der Waals surface area (Å²) >= 11 is -24.1. The molecule has 27 heavy (non-hydrogen) atoms. The first-order valence-corrected chi connectivity index (χ1v) is 18.6. The third kappa shape index (κ3) is 494. The van der Waals surface area contributed by atoms with Gasteiger partial charge in [0, 0.05) is 0 Å². The maximum Gasteiger partial charge on any atom is 4.00 e. The average Bonchev–Trinajstić information content (AvgIpc) is 2.08. The van der Waals surface area contributed by atoms with Crippen molar-refractivity contribution in [1.29, 1.82) is 0 Å². The Kier molecular flexibility index (Phi) is 123. The van der Waals surface area contributed by atoms with E-state index in [4.69, 9.17) is 61.8 Å². The van der Waals surface area contributed by atoms with Crippen LogP contribution in [0.3, 0.4) is 0 Å². The third-order valence-electron chi connectivity index (χ3n) is 0. The number of rotatable bonds is 0. The van der Waals surface area contributed by atoms with Gasteiger partial charge in [-0.3, -0.25) is 0 Å². The molecule has 156 valence electrons. The summed E-state index contributed by atoms with van der Waals surface area (Å²) in [5.74, 6) is 0. The van der Waals surface area contributed by atoms with E-state index in [1.165, 1.54) is 0 Å². The Morgan fingerprint density at radius 2 is 0.222 bits per heavy atom. The molecule has 0 bridgehead atoms. The topological polar surface area (TPSA) is 415 Å². The van der Waals surface area contributed by atoms with Gasteiger partial charge in [-0.15, -0.1) is 0 Å². The van der Waals surface area contributed by atoms with Crippen molar-refractivity contribution in [2.24, 2.45) is 0 Å². The first-order valence-electron chi connectivity index (χ1n) is 2.78. The Labute approximate surface area is 341 Å². The number of hydrogen-bond acceptors (Lipinski definition) is 18. The molecule has 0 N–H and O–H groups in total. The molecule has 0 aromatic rings. The van der Waals surface area contributed by atoms with Crippen molar-refractivity contribution in [2.75, 3.05) is 0 Å². The Bertz CT molecular complexity index is 111. The molecule has 0 atom stereocenters. The van der Waals surface area contributed by atoms with Crippen molar-refractivity contribution in [3.8, 4) is 0 Å². The fourth-order valence-corrected chi connectivity index (χ4v) is 0. The molecule has 0 aliphatic rings. The maximum absolute atomic E-state index is 8.57. The zero-order valence-electron chi connectivity index (χ0n) is 12.1. The smallest absolute Gasteiger partial charge is 0.427 e. The second kappa shape index (κ2) is 55.2. The van der Waals surface area contributed by atoms with Crippen LogP contribution in [0.1, 0.15) is 0 Å². The van der Waals surface area contributed by atoms with Crippen LogP contribution in [0.2, 0.25) is 0 Å². The van der Waals surface area contributed by atoms with E-state index >= 15 is 0 Å². The normalized spacial score (nSPS) is 8.00. The Morgan fingerprint density at radius 1 is 0.222 bits per heavy atom. The van der Waals surface area contributed by atoms with Crippen molar-refractivity contribution in [2.45, 2.75) is 0 Å². The van der Waals surface area contributed by atoms with Gasteiger partial charge in [0.2, 0.25) is 0 Å². The van der Waals surface area contributed by atoms with Crippen molar-refractivity contribution in [1.82, 2.24) is 0 Å². The molecule has 0 rings (SSSR count). The van der Waals surface area contributed by atoms with Crippen LogP contribution in [0.25, 0.3) is 0 Å². The monoisotopic (exact) mass is 1410 g/mol. The van der Waals surface area contributed by atoms with E-state index in [0.717, 1.165) is 0 Å². The second-order valence-corrected chi connectivity index (χ2v) is 7.61. The van der Waals surface area contributed by atoms with Gasteiger partial charge in [-0.2, -0.15) is 0 Å².